The highest BCUT2D eigenvalue weighted by molar-refractivity contribution is 6.55. The van der Waals surface area contributed by atoms with E-state index in [0.29, 0.717) is 22.4 Å². The Morgan fingerprint density at radius 3 is 2.42 bits per heavy atom. The van der Waals surface area contributed by atoms with Crippen LogP contribution in [-0.4, -0.2) is 28.0 Å². The van der Waals surface area contributed by atoms with Gasteiger partial charge in [-0.25, -0.2) is 4.79 Å². The number of alkyl halides is 3. The molecule has 0 bridgehead atoms. The predicted molar refractivity (Wildman–Crippen MR) is 142 cm³/mol. The van der Waals surface area contributed by atoms with Crippen molar-refractivity contribution in [2.45, 2.75) is 6.18 Å². The van der Waals surface area contributed by atoms with Crippen LogP contribution in [0, 0.1) is 0 Å². The Morgan fingerprint density at radius 2 is 1.68 bits per heavy atom. The van der Waals surface area contributed by atoms with Gasteiger partial charge in [0, 0.05) is 11.1 Å². The van der Waals surface area contributed by atoms with Gasteiger partial charge < -0.3 is 14.9 Å². The number of halogens is 4. The first-order chi connectivity index (χ1) is 19.0. The van der Waals surface area contributed by atoms with E-state index < -0.39 is 28.8 Å². The zero-order chi connectivity index (χ0) is 28.6. The Kier molecular flexibility index (Phi) is 6.82. The summed E-state index contributed by atoms with van der Waals surface area (Å²) >= 11 is 5.76. The minimum absolute atomic E-state index is 0.0483. The van der Waals surface area contributed by atoms with Crippen molar-refractivity contribution in [1.29, 1.82) is 0 Å². The quantitative estimate of drug-likeness (QED) is 0.101. The Balaban J connectivity index is 1.50. The van der Waals surface area contributed by atoms with Crippen LogP contribution >= 0.6 is 11.6 Å². The first-order valence-electron chi connectivity index (χ1n) is 11.5. The van der Waals surface area contributed by atoms with Gasteiger partial charge in [-0.3, -0.25) is 15.1 Å². The summed E-state index contributed by atoms with van der Waals surface area (Å²) in [5.41, 5.74) is 3.00. The second-order valence-corrected chi connectivity index (χ2v) is 8.90. The van der Waals surface area contributed by atoms with Crippen LogP contribution in [0.25, 0.3) is 11.1 Å². The topological polar surface area (TPSA) is 111 Å². The van der Waals surface area contributed by atoms with Gasteiger partial charge in [-0.2, -0.15) is 18.3 Å². The van der Waals surface area contributed by atoms with Gasteiger partial charge in [-0.05, 0) is 48.0 Å². The lowest BCUT2D eigenvalue weighted by Crippen LogP contribution is -2.26. The molecule has 0 saturated heterocycles. The van der Waals surface area contributed by atoms with Crippen LogP contribution in [0.4, 0.5) is 35.0 Å². The first kappa shape index (κ1) is 26.6. The number of carboxylic acid groups (broad SMARTS) is 1. The fourth-order valence-electron chi connectivity index (χ4n) is 4.24. The van der Waals surface area contributed by atoms with Crippen molar-refractivity contribution in [2.24, 2.45) is 5.10 Å². The second kappa shape index (κ2) is 10.3. The number of ether oxygens (including phenoxy) is 1. The van der Waals surface area contributed by atoms with E-state index in [9.17, 15) is 27.9 Å². The number of nitrogens with one attached hydrogen (secondary N) is 1. The molecule has 8 nitrogen and oxygen atoms in total. The number of hydrogen-bond donors (Lipinski definition) is 3. The molecular formula is C28H17ClF3N3O5. The molecule has 40 heavy (non-hydrogen) atoms. The Labute approximate surface area is 229 Å². The van der Waals surface area contributed by atoms with Crippen LogP contribution in [0.5, 0.6) is 11.5 Å². The predicted octanol–water partition coefficient (Wildman–Crippen LogP) is 7.28. The highest BCUT2D eigenvalue weighted by Crippen LogP contribution is 2.42. The molecule has 0 radical (unpaired) electrons. The number of amides is 1. The Morgan fingerprint density at radius 1 is 0.950 bits per heavy atom. The molecule has 202 valence electrons. The Bertz CT molecular complexity index is 1690. The maximum absolute atomic E-state index is 13.5. The SMILES string of the molecule is O=C(O)Oc1cccc(-c2cccc(NN=C3C(=O)N(c4ccc(Cl)c(C(F)(F)F)c4)c4ccccc43)c2O)c1. The van der Waals surface area contributed by atoms with E-state index in [0.717, 1.165) is 17.0 Å². The van der Waals surface area contributed by atoms with E-state index in [1.807, 2.05) is 0 Å². The van der Waals surface area contributed by atoms with Crippen LogP contribution in [0.2, 0.25) is 5.02 Å². The number of phenolic OH excluding ortho intramolecular Hbond substituents is 1. The number of hydrazone groups is 1. The van der Waals surface area contributed by atoms with Gasteiger partial charge in [0.2, 0.25) is 0 Å². The monoisotopic (exact) mass is 567 g/mol. The summed E-state index contributed by atoms with van der Waals surface area (Å²) < 4.78 is 45.1. The number of rotatable bonds is 5. The normalized spacial score (nSPS) is 13.8. The molecule has 12 heteroatoms. The maximum Gasteiger partial charge on any atom is 0.511 e. The van der Waals surface area contributed by atoms with Crippen molar-refractivity contribution < 1.29 is 37.7 Å². The summed E-state index contributed by atoms with van der Waals surface area (Å²) in [6.45, 7) is 0. The van der Waals surface area contributed by atoms with Gasteiger partial charge in [0.1, 0.15) is 11.5 Å². The number of nitrogens with zero attached hydrogens (tertiary/aromatic N) is 2. The summed E-state index contributed by atoms with van der Waals surface area (Å²) in [5.74, 6) is -0.895. The fourth-order valence-corrected chi connectivity index (χ4v) is 4.47. The second-order valence-electron chi connectivity index (χ2n) is 8.49. The van der Waals surface area contributed by atoms with Crippen molar-refractivity contribution in [3.8, 4) is 22.6 Å². The van der Waals surface area contributed by atoms with E-state index in [1.54, 1.807) is 48.5 Å². The smallest absolute Gasteiger partial charge is 0.505 e. The molecule has 0 aromatic heterocycles. The average Bonchev–Trinajstić information content (AvgIpc) is 3.18. The summed E-state index contributed by atoms with van der Waals surface area (Å²) in [4.78, 5) is 25.4. The number of carbonyl (C=O) groups excluding carboxylic acids is 1. The molecule has 3 N–H and O–H groups in total. The molecule has 0 fully saturated rings. The number of aromatic hydroxyl groups is 1. The van der Waals surface area contributed by atoms with Crippen molar-refractivity contribution >= 4 is 46.4 Å². The number of phenols is 1. The lowest BCUT2D eigenvalue weighted by atomic mass is 10.0. The molecule has 0 saturated carbocycles. The van der Waals surface area contributed by atoms with Crippen molar-refractivity contribution in [2.75, 3.05) is 10.3 Å². The van der Waals surface area contributed by atoms with E-state index in [4.69, 9.17) is 16.7 Å². The third-order valence-electron chi connectivity index (χ3n) is 5.99. The molecular weight excluding hydrogens is 551 g/mol. The average molecular weight is 568 g/mol. The molecule has 1 aliphatic heterocycles. The standard InChI is InChI=1S/C28H17ClF3N3O5/c29-21-12-11-16(14-20(21)28(30,31)32)35-23-10-2-1-7-19(23)24(26(35)37)34-33-22-9-4-8-18(25(22)36)15-5-3-6-17(13-15)40-27(38)39/h1-14,33,36H,(H,38,39). The van der Waals surface area contributed by atoms with E-state index >= 15 is 0 Å². The van der Waals surface area contributed by atoms with E-state index in [2.05, 4.69) is 15.3 Å². The third kappa shape index (κ3) is 5.02. The minimum Gasteiger partial charge on any atom is -0.505 e. The van der Waals surface area contributed by atoms with Gasteiger partial charge in [-0.1, -0.05) is 54.1 Å². The molecule has 0 atom stereocenters. The number of hydrogen-bond acceptors (Lipinski definition) is 6. The molecule has 4 aromatic rings. The highest BCUT2D eigenvalue weighted by Gasteiger charge is 2.38. The van der Waals surface area contributed by atoms with E-state index in [1.165, 1.54) is 24.3 Å². The number of carbonyl (C=O) groups is 2. The van der Waals surface area contributed by atoms with Crippen LogP contribution in [0.15, 0.2) is 90.0 Å². The van der Waals surface area contributed by atoms with Crippen LogP contribution in [0.1, 0.15) is 11.1 Å². The van der Waals surface area contributed by atoms with Gasteiger partial charge in [0.15, 0.2) is 5.71 Å². The van der Waals surface area contributed by atoms with Gasteiger partial charge in [0.25, 0.3) is 5.91 Å². The van der Waals surface area contributed by atoms with Crippen LogP contribution < -0.4 is 15.1 Å². The van der Waals surface area contributed by atoms with Crippen LogP contribution in [0.3, 0.4) is 0 Å². The number of fused-ring (bicyclic) bond motifs is 1. The molecule has 0 spiro atoms. The fraction of sp³-hybridized carbons (Fsp3) is 0.0357. The highest BCUT2D eigenvalue weighted by atomic mass is 35.5. The summed E-state index contributed by atoms with van der Waals surface area (Å²) in [6.07, 6.45) is -6.22. The molecule has 1 amide bonds. The number of anilines is 3. The molecule has 1 heterocycles. The van der Waals surface area contributed by atoms with Gasteiger partial charge >= 0.3 is 12.3 Å². The first-order valence-corrected chi connectivity index (χ1v) is 11.9. The largest absolute Gasteiger partial charge is 0.511 e. The zero-order valence-corrected chi connectivity index (χ0v) is 20.9. The summed E-state index contributed by atoms with van der Waals surface area (Å²) in [7, 11) is 0. The summed E-state index contributed by atoms with van der Waals surface area (Å²) in [5, 5.41) is 23.5. The Hall–Kier alpha value is -5.03. The van der Waals surface area contributed by atoms with Crippen molar-refractivity contribution in [3.05, 3.63) is 101 Å². The van der Waals surface area contributed by atoms with Gasteiger partial charge in [-0.15, -0.1) is 0 Å². The minimum atomic E-state index is -4.73. The lowest BCUT2D eigenvalue weighted by Gasteiger charge is -2.19. The summed E-state index contributed by atoms with van der Waals surface area (Å²) in [6, 6.07) is 20.4. The zero-order valence-electron chi connectivity index (χ0n) is 20.1. The molecule has 1 aliphatic rings. The van der Waals surface area contributed by atoms with Crippen molar-refractivity contribution in [1.82, 2.24) is 0 Å². The van der Waals surface area contributed by atoms with Gasteiger partial charge in [0.05, 0.1) is 27.6 Å². The lowest BCUT2D eigenvalue weighted by molar-refractivity contribution is -0.137. The third-order valence-corrected chi connectivity index (χ3v) is 6.32. The molecule has 0 aliphatic carbocycles. The van der Waals surface area contributed by atoms with Crippen LogP contribution in [-0.2, 0) is 11.0 Å². The molecule has 4 aromatic carbocycles. The van der Waals surface area contributed by atoms with E-state index in [-0.39, 0.29) is 28.6 Å². The molecule has 5 rings (SSSR count). The number of para-hydroxylation sites is 2. The van der Waals surface area contributed by atoms with Crippen molar-refractivity contribution in [3.63, 3.8) is 0 Å². The molecule has 0 unspecified atom stereocenters. The maximum atomic E-state index is 13.5. The number of benzene rings is 4.